The van der Waals surface area contributed by atoms with Crippen LogP contribution in [0.3, 0.4) is 0 Å². The molecule has 0 aliphatic rings. The van der Waals surface area contributed by atoms with Gasteiger partial charge in [0, 0.05) is 19.3 Å². The van der Waals surface area contributed by atoms with Crippen LogP contribution in [-0.4, -0.2) is 31.0 Å². The number of alkyl halides is 2. The first kappa shape index (κ1) is 11.8. The van der Waals surface area contributed by atoms with Crippen LogP contribution < -0.4 is 10.6 Å². The van der Waals surface area contributed by atoms with Crippen LogP contribution in [0.25, 0.3) is 0 Å². The van der Waals surface area contributed by atoms with Crippen molar-refractivity contribution in [3.05, 3.63) is 23.9 Å². The first-order valence-corrected chi connectivity index (χ1v) is 4.79. The van der Waals surface area contributed by atoms with E-state index in [0.29, 0.717) is 18.9 Å². The lowest BCUT2D eigenvalue weighted by molar-refractivity contribution is 0.155. The Balaban J connectivity index is 2.78. The minimum atomic E-state index is -2.38. The summed E-state index contributed by atoms with van der Waals surface area (Å²) in [5.74, 6) is 0.556. The number of aryl methyl sites for hydroxylation is 1. The smallest absolute Gasteiger partial charge is 0.255 e. The Labute approximate surface area is 87.9 Å². The molecule has 0 fully saturated rings. The molecule has 1 aromatic rings. The number of rotatable bonds is 5. The Morgan fingerprint density at radius 2 is 2.27 bits per heavy atom. The number of anilines is 1. The minimum Gasteiger partial charge on any atom is -0.350 e. The van der Waals surface area contributed by atoms with Crippen LogP contribution in [0.15, 0.2) is 18.3 Å². The number of hydrogen-bond acceptors (Lipinski definition) is 3. The maximum atomic E-state index is 12.3. The van der Waals surface area contributed by atoms with Crippen LogP contribution >= 0.6 is 0 Å². The largest absolute Gasteiger partial charge is 0.350 e. The summed E-state index contributed by atoms with van der Waals surface area (Å²) < 4.78 is 24.6. The fourth-order valence-corrected chi connectivity index (χ4v) is 1.31. The van der Waals surface area contributed by atoms with E-state index in [2.05, 4.69) is 4.98 Å². The number of pyridine rings is 1. The van der Waals surface area contributed by atoms with Gasteiger partial charge in [-0.15, -0.1) is 0 Å². The lowest BCUT2D eigenvalue weighted by Crippen LogP contribution is -2.34. The molecule has 2 N–H and O–H groups in total. The summed E-state index contributed by atoms with van der Waals surface area (Å²) in [5, 5.41) is 0. The molecule has 0 saturated heterocycles. The molecule has 0 aromatic carbocycles. The highest BCUT2D eigenvalue weighted by molar-refractivity contribution is 5.40. The topological polar surface area (TPSA) is 42.2 Å². The highest BCUT2D eigenvalue weighted by atomic mass is 19.3. The molecule has 0 spiro atoms. The van der Waals surface area contributed by atoms with E-state index in [1.807, 2.05) is 13.0 Å². The van der Waals surface area contributed by atoms with Crippen molar-refractivity contribution in [3.8, 4) is 0 Å². The molecule has 0 amide bonds. The standard InChI is InChI=1S/C10H15F2N3/c1-8-2-4-14-10(6-8)15(5-3-13)7-9(11)12/h2,4,6,9H,3,5,7,13H2,1H3. The van der Waals surface area contributed by atoms with Gasteiger partial charge < -0.3 is 10.6 Å². The van der Waals surface area contributed by atoms with Crippen LogP contribution in [0, 0.1) is 6.92 Å². The van der Waals surface area contributed by atoms with Gasteiger partial charge in [-0.25, -0.2) is 13.8 Å². The van der Waals surface area contributed by atoms with Crippen LogP contribution in [0.4, 0.5) is 14.6 Å². The van der Waals surface area contributed by atoms with Gasteiger partial charge >= 0.3 is 0 Å². The lowest BCUT2D eigenvalue weighted by Gasteiger charge is -2.22. The second-order valence-corrected chi connectivity index (χ2v) is 3.32. The molecule has 15 heavy (non-hydrogen) atoms. The maximum Gasteiger partial charge on any atom is 0.255 e. The average molecular weight is 215 g/mol. The van der Waals surface area contributed by atoms with E-state index < -0.39 is 6.43 Å². The van der Waals surface area contributed by atoms with Gasteiger partial charge in [0.25, 0.3) is 6.43 Å². The van der Waals surface area contributed by atoms with E-state index in [4.69, 9.17) is 5.73 Å². The van der Waals surface area contributed by atoms with Gasteiger partial charge in [0.05, 0.1) is 6.54 Å². The Kier molecular flexibility index (Phi) is 4.42. The van der Waals surface area contributed by atoms with E-state index in [1.54, 1.807) is 12.3 Å². The van der Waals surface area contributed by atoms with Gasteiger partial charge in [-0.3, -0.25) is 0 Å². The fourth-order valence-electron chi connectivity index (χ4n) is 1.31. The molecule has 0 radical (unpaired) electrons. The van der Waals surface area contributed by atoms with Crippen molar-refractivity contribution in [2.24, 2.45) is 5.73 Å². The summed E-state index contributed by atoms with van der Waals surface area (Å²) in [6, 6.07) is 3.60. The van der Waals surface area contributed by atoms with Crippen LogP contribution in [0.5, 0.6) is 0 Å². The van der Waals surface area contributed by atoms with E-state index in [-0.39, 0.29) is 6.54 Å². The molecule has 0 unspecified atom stereocenters. The van der Waals surface area contributed by atoms with E-state index in [0.717, 1.165) is 5.56 Å². The molecule has 0 bridgehead atoms. The Morgan fingerprint density at radius 3 is 2.80 bits per heavy atom. The molecule has 3 nitrogen and oxygen atoms in total. The maximum absolute atomic E-state index is 12.3. The van der Waals surface area contributed by atoms with E-state index in [1.165, 1.54) is 4.90 Å². The van der Waals surface area contributed by atoms with Crippen LogP contribution in [0.1, 0.15) is 5.56 Å². The van der Waals surface area contributed by atoms with Crippen molar-refractivity contribution in [2.75, 3.05) is 24.5 Å². The number of nitrogens with zero attached hydrogens (tertiary/aromatic N) is 2. The molecule has 0 atom stereocenters. The summed E-state index contributed by atoms with van der Waals surface area (Å²) in [4.78, 5) is 5.55. The normalized spacial score (nSPS) is 10.7. The summed E-state index contributed by atoms with van der Waals surface area (Å²) in [6.45, 7) is 2.30. The summed E-state index contributed by atoms with van der Waals surface area (Å²) in [7, 11) is 0. The number of nitrogens with two attached hydrogens (primary N) is 1. The quantitative estimate of drug-likeness (QED) is 0.807. The Bertz CT molecular complexity index is 304. The molecule has 0 aliphatic heterocycles. The molecule has 1 rings (SSSR count). The van der Waals surface area contributed by atoms with Crippen molar-refractivity contribution < 1.29 is 8.78 Å². The van der Waals surface area contributed by atoms with Gasteiger partial charge in [0.1, 0.15) is 5.82 Å². The predicted octanol–water partition coefficient (Wildman–Crippen LogP) is 1.42. The molecule has 1 aromatic heterocycles. The zero-order valence-electron chi connectivity index (χ0n) is 8.66. The van der Waals surface area contributed by atoms with Gasteiger partial charge in [-0.05, 0) is 24.6 Å². The molecule has 5 heteroatoms. The van der Waals surface area contributed by atoms with Gasteiger partial charge in [0.2, 0.25) is 0 Å². The Hall–Kier alpha value is -1.23. The first-order chi connectivity index (χ1) is 7.13. The van der Waals surface area contributed by atoms with Crippen LogP contribution in [0.2, 0.25) is 0 Å². The average Bonchev–Trinajstić information content (AvgIpc) is 2.16. The minimum absolute atomic E-state index is 0.326. The van der Waals surface area contributed by atoms with Crippen molar-refractivity contribution in [1.29, 1.82) is 0 Å². The molecule has 0 aliphatic carbocycles. The third kappa shape index (κ3) is 3.79. The highest BCUT2D eigenvalue weighted by Gasteiger charge is 2.12. The molecule has 84 valence electrons. The lowest BCUT2D eigenvalue weighted by atomic mass is 10.3. The van der Waals surface area contributed by atoms with Gasteiger partial charge in [0.15, 0.2) is 0 Å². The van der Waals surface area contributed by atoms with E-state index >= 15 is 0 Å². The monoisotopic (exact) mass is 215 g/mol. The van der Waals surface area contributed by atoms with Crippen molar-refractivity contribution in [3.63, 3.8) is 0 Å². The van der Waals surface area contributed by atoms with Crippen molar-refractivity contribution in [2.45, 2.75) is 13.3 Å². The number of halogens is 2. The second-order valence-electron chi connectivity index (χ2n) is 3.32. The predicted molar refractivity (Wildman–Crippen MR) is 56.2 cm³/mol. The molecular formula is C10H15F2N3. The van der Waals surface area contributed by atoms with E-state index in [9.17, 15) is 8.78 Å². The summed E-state index contributed by atoms with van der Waals surface area (Å²) in [6.07, 6.45) is -0.765. The number of aromatic nitrogens is 1. The van der Waals surface area contributed by atoms with Crippen LogP contribution in [-0.2, 0) is 0 Å². The zero-order valence-corrected chi connectivity index (χ0v) is 8.66. The first-order valence-electron chi connectivity index (χ1n) is 4.79. The third-order valence-corrected chi connectivity index (χ3v) is 1.98. The van der Waals surface area contributed by atoms with Gasteiger partial charge in [-0.2, -0.15) is 0 Å². The van der Waals surface area contributed by atoms with Crippen molar-refractivity contribution >= 4 is 5.82 Å². The summed E-state index contributed by atoms with van der Waals surface area (Å²) in [5.41, 5.74) is 6.36. The molecule has 0 saturated carbocycles. The number of hydrogen-bond donors (Lipinski definition) is 1. The SMILES string of the molecule is Cc1ccnc(N(CCN)CC(F)F)c1. The second kappa shape index (κ2) is 5.60. The third-order valence-electron chi connectivity index (χ3n) is 1.98. The van der Waals surface area contributed by atoms with Gasteiger partial charge in [-0.1, -0.05) is 0 Å². The molecule has 1 heterocycles. The Morgan fingerprint density at radius 1 is 1.53 bits per heavy atom. The summed E-state index contributed by atoms with van der Waals surface area (Å²) >= 11 is 0. The zero-order chi connectivity index (χ0) is 11.3. The fraction of sp³-hybridized carbons (Fsp3) is 0.500. The van der Waals surface area contributed by atoms with Crippen molar-refractivity contribution in [1.82, 2.24) is 4.98 Å². The molecular weight excluding hydrogens is 200 g/mol. The highest BCUT2D eigenvalue weighted by Crippen LogP contribution is 2.13.